The molecule has 0 aromatic rings. The van der Waals surface area contributed by atoms with Gasteiger partial charge in [-0.15, -0.1) is 0 Å². The van der Waals surface area contributed by atoms with E-state index in [1.807, 2.05) is 6.92 Å². The van der Waals surface area contributed by atoms with Gasteiger partial charge in [-0.1, -0.05) is 11.8 Å². The van der Waals surface area contributed by atoms with Gasteiger partial charge in [0.25, 0.3) is 5.91 Å². The Morgan fingerprint density at radius 3 is 2.50 bits per heavy atom. The number of hydrogen-bond donors (Lipinski definition) is 1. The number of carbonyl (C=O) groups is 2. The van der Waals surface area contributed by atoms with Crippen molar-refractivity contribution in [1.82, 2.24) is 9.80 Å². The molecule has 1 saturated carbocycles. The Kier molecular flexibility index (Phi) is 4.59. The molecule has 2 atom stereocenters. The number of nitrogens with zero attached hydrogens (tertiary/aromatic N) is 2. The fourth-order valence-electron chi connectivity index (χ4n) is 3.60. The molecule has 2 fully saturated rings. The van der Waals surface area contributed by atoms with Gasteiger partial charge in [-0.05, 0) is 32.6 Å². The van der Waals surface area contributed by atoms with Gasteiger partial charge in [-0.2, -0.15) is 0 Å². The van der Waals surface area contributed by atoms with Crippen molar-refractivity contribution >= 4 is 33.5 Å². The van der Waals surface area contributed by atoms with Crippen molar-refractivity contribution in [2.45, 2.75) is 55.3 Å². The van der Waals surface area contributed by atoms with E-state index in [0.29, 0.717) is 25.1 Å². The van der Waals surface area contributed by atoms with Gasteiger partial charge in [-0.3, -0.25) is 4.79 Å². The van der Waals surface area contributed by atoms with Crippen LogP contribution in [0.5, 0.6) is 0 Å². The summed E-state index contributed by atoms with van der Waals surface area (Å²) < 4.78 is 23.3. The Morgan fingerprint density at radius 1 is 1.33 bits per heavy atom. The van der Waals surface area contributed by atoms with Crippen LogP contribution in [0.15, 0.2) is 11.1 Å². The number of thioether (sulfide) groups is 1. The standard InChI is InChI=1S/C15H22N2O5S2/c1-9-4-3-5-16(9)13(18)12-8-23-14(15(19)20)17(12)10-6-11(7-10)24(2,21)22/h8-11,14H,3-7H2,1-2H3,(H,19,20). The summed E-state index contributed by atoms with van der Waals surface area (Å²) in [6.45, 7) is 2.68. The van der Waals surface area contributed by atoms with Crippen molar-refractivity contribution in [3.63, 3.8) is 0 Å². The van der Waals surface area contributed by atoms with Crippen molar-refractivity contribution in [3.8, 4) is 0 Å². The van der Waals surface area contributed by atoms with Gasteiger partial charge in [0.1, 0.15) is 15.5 Å². The lowest BCUT2D eigenvalue weighted by atomic mass is 9.90. The highest BCUT2D eigenvalue weighted by Crippen LogP contribution is 2.42. The second-order valence-electron chi connectivity index (χ2n) is 6.80. The van der Waals surface area contributed by atoms with E-state index in [4.69, 9.17) is 0 Å². The van der Waals surface area contributed by atoms with E-state index in [0.717, 1.165) is 24.6 Å². The summed E-state index contributed by atoms with van der Waals surface area (Å²) >= 11 is 1.11. The zero-order chi connectivity index (χ0) is 17.6. The summed E-state index contributed by atoms with van der Waals surface area (Å²) in [5, 5.41) is 9.79. The molecule has 0 bridgehead atoms. The van der Waals surface area contributed by atoms with E-state index >= 15 is 0 Å². The van der Waals surface area contributed by atoms with Crippen molar-refractivity contribution in [1.29, 1.82) is 0 Å². The summed E-state index contributed by atoms with van der Waals surface area (Å²) in [5.41, 5.74) is 0.401. The van der Waals surface area contributed by atoms with Gasteiger partial charge in [0.05, 0.1) is 5.25 Å². The molecule has 3 aliphatic rings. The minimum absolute atomic E-state index is 0.140. The summed E-state index contributed by atoms with van der Waals surface area (Å²) in [5.74, 6) is -1.14. The first-order valence-electron chi connectivity index (χ1n) is 8.06. The molecule has 1 aliphatic carbocycles. The minimum Gasteiger partial charge on any atom is -0.479 e. The number of carboxylic acids is 1. The van der Waals surface area contributed by atoms with E-state index in [1.165, 1.54) is 6.26 Å². The molecule has 2 unspecified atom stereocenters. The highest BCUT2D eigenvalue weighted by atomic mass is 32.2. The third kappa shape index (κ3) is 3.03. The summed E-state index contributed by atoms with van der Waals surface area (Å²) in [4.78, 5) is 27.8. The monoisotopic (exact) mass is 374 g/mol. The van der Waals surface area contributed by atoms with Gasteiger partial charge in [0.15, 0.2) is 5.37 Å². The number of aliphatic carboxylic acids is 1. The van der Waals surface area contributed by atoms with Gasteiger partial charge in [0, 0.05) is 30.3 Å². The Labute approximate surface area is 146 Å². The third-order valence-electron chi connectivity index (χ3n) is 5.15. The average molecular weight is 374 g/mol. The first-order valence-corrected chi connectivity index (χ1v) is 11.0. The van der Waals surface area contributed by atoms with E-state index in [2.05, 4.69) is 0 Å². The Morgan fingerprint density at radius 2 is 2.00 bits per heavy atom. The molecule has 24 heavy (non-hydrogen) atoms. The molecule has 2 heterocycles. The van der Waals surface area contributed by atoms with Crippen LogP contribution in [-0.2, 0) is 19.4 Å². The molecular formula is C15H22N2O5S2. The van der Waals surface area contributed by atoms with Gasteiger partial charge in [0.2, 0.25) is 0 Å². The fourth-order valence-corrected chi connectivity index (χ4v) is 5.76. The SMILES string of the molecule is CC1CCCN1C(=O)C1=CSC(C(=O)O)N1C1CC(S(C)(=O)=O)C1. The number of rotatable bonds is 4. The molecular weight excluding hydrogens is 352 g/mol. The highest BCUT2D eigenvalue weighted by Gasteiger charge is 2.48. The fraction of sp³-hybridized carbons (Fsp3) is 0.733. The third-order valence-corrected chi connectivity index (χ3v) is 7.79. The normalized spacial score (nSPS) is 33.3. The van der Waals surface area contributed by atoms with Crippen LogP contribution < -0.4 is 0 Å². The molecule has 9 heteroatoms. The van der Waals surface area contributed by atoms with Crippen LogP contribution in [0, 0.1) is 0 Å². The first kappa shape index (κ1) is 17.6. The van der Waals surface area contributed by atoms with Crippen molar-refractivity contribution < 1.29 is 23.1 Å². The molecule has 0 radical (unpaired) electrons. The van der Waals surface area contributed by atoms with E-state index in [-0.39, 0.29) is 18.0 Å². The van der Waals surface area contributed by atoms with Crippen molar-refractivity contribution in [2.24, 2.45) is 0 Å². The lowest BCUT2D eigenvalue weighted by molar-refractivity contribution is -0.140. The van der Waals surface area contributed by atoms with E-state index in [1.54, 1.807) is 15.2 Å². The molecule has 7 nitrogen and oxygen atoms in total. The molecule has 2 aliphatic heterocycles. The van der Waals surface area contributed by atoms with Crippen LogP contribution in [0.2, 0.25) is 0 Å². The molecule has 1 N–H and O–H groups in total. The Bertz CT molecular complexity index is 684. The van der Waals surface area contributed by atoms with Crippen LogP contribution in [0.3, 0.4) is 0 Å². The minimum atomic E-state index is -3.12. The predicted octanol–water partition coefficient (Wildman–Crippen LogP) is 0.874. The number of hydrogen-bond acceptors (Lipinski definition) is 6. The maximum atomic E-state index is 12.9. The quantitative estimate of drug-likeness (QED) is 0.780. The molecule has 134 valence electrons. The second-order valence-corrected chi connectivity index (χ2v) is 10.1. The summed E-state index contributed by atoms with van der Waals surface area (Å²) in [6.07, 6.45) is 3.87. The molecule has 0 aromatic carbocycles. The zero-order valence-electron chi connectivity index (χ0n) is 13.7. The Balaban J connectivity index is 1.78. The smallest absolute Gasteiger partial charge is 0.337 e. The first-order chi connectivity index (χ1) is 11.2. The lowest BCUT2D eigenvalue weighted by Crippen LogP contribution is -2.54. The zero-order valence-corrected chi connectivity index (χ0v) is 15.3. The van der Waals surface area contributed by atoms with Crippen LogP contribution in [-0.4, -0.2) is 70.7 Å². The average Bonchev–Trinajstić information content (AvgIpc) is 3.01. The van der Waals surface area contributed by atoms with Crippen LogP contribution in [0.1, 0.15) is 32.6 Å². The molecule has 0 spiro atoms. The number of carboxylic acid groups (broad SMARTS) is 1. The van der Waals surface area contributed by atoms with Crippen LogP contribution in [0.25, 0.3) is 0 Å². The van der Waals surface area contributed by atoms with Gasteiger partial charge < -0.3 is 14.9 Å². The maximum absolute atomic E-state index is 12.9. The number of sulfone groups is 1. The topological polar surface area (TPSA) is 95.0 Å². The molecule has 1 amide bonds. The summed E-state index contributed by atoms with van der Waals surface area (Å²) in [7, 11) is -3.12. The predicted molar refractivity (Wildman–Crippen MR) is 91.0 cm³/mol. The van der Waals surface area contributed by atoms with Gasteiger partial charge in [-0.25, -0.2) is 13.2 Å². The number of likely N-dealkylation sites (tertiary alicyclic amines) is 1. The molecule has 0 aromatic heterocycles. The Hall–Kier alpha value is -1.22. The molecule has 1 saturated heterocycles. The molecule has 3 rings (SSSR count). The van der Waals surface area contributed by atoms with Crippen LogP contribution >= 0.6 is 11.8 Å². The maximum Gasteiger partial charge on any atom is 0.337 e. The van der Waals surface area contributed by atoms with E-state index in [9.17, 15) is 23.1 Å². The largest absolute Gasteiger partial charge is 0.479 e. The second kappa shape index (κ2) is 6.25. The van der Waals surface area contributed by atoms with Gasteiger partial charge >= 0.3 is 5.97 Å². The number of carbonyl (C=O) groups excluding carboxylic acids is 1. The highest BCUT2D eigenvalue weighted by molar-refractivity contribution is 8.03. The van der Waals surface area contributed by atoms with Crippen molar-refractivity contribution in [3.05, 3.63) is 11.1 Å². The summed E-state index contributed by atoms with van der Waals surface area (Å²) in [6, 6.07) is -0.0618. The van der Waals surface area contributed by atoms with Crippen LogP contribution in [0.4, 0.5) is 0 Å². The lowest BCUT2D eigenvalue weighted by Gasteiger charge is -2.44. The van der Waals surface area contributed by atoms with E-state index < -0.39 is 26.4 Å². The number of amides is 1. The van der Waals surface area contributed by atoms with Crippen molar-refractivity contribution in [2.75, 3.05) is 12.8 Å².